The van der Waals surface area contributed by atoms with Crippen molar-refractivity contribution in [3.63, 3.8) is 0 Å². The van der Waals surface area contributed by atoms with E-state index in [0.29, 0.717) is 22.8 Å². The third-order valence-corrected chi connectivity index (χ3v) is 4.40. The SMILES string of the molecule is CC(C)(C)c1ccccc1OCC(=O)N/N=C\c1ccc(-c2cccc([N+](=O)[O-])c2)o1. The number of ether oxygens (including phenoxy) is 1. The number of hydrazone groups is 1. The van der Waals surface area contributed by atoms with Crippen LogP contribution in [0.2, 0.25) is 0 Å². The van der Waals surface area contributed by atoms with Gasteiger partial charge in [0.15, 0.2) is 6.61 Å². The number of furan rings is 1. The van der Waals surface area contributed by atoms with Crippen molar-refractivity contribution in [3.05, 3.63) is 82.1 Å². The van der Waals surface area contributed by atoms with E-state index in [1.807, 2.05) is 24.3 Å². The number of carbonyl (C=O) groups is 1. The Morgan fingerprint density at radius 2 is 1.94 bits per heavy atom. The van der Waals surface area contributed by atoms with Crippen molar-refractivity contribution in [2.75, 3.05) is 6.61 Å². The molecule has 0 aliphatic rings. The number of benzene rings is 2. The van der Waals surface area contributed by atoms with Gasteiger partial charge in [-0.3, -0.25) is 14.9 Å². The van der Waals surface area contributed by atoms with Gasteiger partial charge in [0.25, 0.3) is 11.6 Å². The van der Waals surface area contributed by atoms with Gasteiger partial charge in [0.2, 0.25) is 0 Å². The molecule has 1 amide bonds. The largest absolute Gasteiger partial charge is 0.483 e. The number of amides is 1. The van der Waals surface area contributed by atoms with Gasteiger partial charge in [0.1, 0.15) is 17.3 Å². The summed E-state index contributed by atoms with van der Waals surface area (Å²) in [6.45, 7) is 6.04. The zero-order valence-electron chi connectivity index (χ0n) is 17.5. The van der Waals surface area contributed by atoms with E-state index in [1.54, 1.807) is 24.3 Å². The van der Waals surface area contributed by atoms with Crippen molar-refractivity contribution >= 4 is 17.8 Å². The number of hydrogen-bond acceptors (Lipinski definition) is 6. The van der Waals surface area contributed by atoms with Crippen LogP contribution in [-0.4, -0.2) is 23.7 Å². The Kier molecular flexibility index (Phi) is 6.49. The van der Waals surface area contributed by atoms with Gasteiger partial charge in [-0.15, -0.1) is 0 Å². The van der Waals surface area contributed by atoms with Crippen LogP contribution in [0.1, 0.15) is 32.1 Å². The summed E-state index contributed by atoms with van der Waals surface area (Å²) in [5, 5.41) is 14.8. The number of nitrogens with one attached hydrogen (secondary N) is 1. The average Bonchev–Trinajstić information content (AvgIpc) is 3.21. The van der Waals surface area contributed by atoms with Gasteiger partial charge in [-0.25, -0.2) is 5.43 Å². The molecule has 0 spiro atoms. The maximum absolute atomic E-state index is 12.1. The maximum atomic E-state index is 12.1. The van der Waals surface area contributed by atoms with Crippen LogP contribution in [-0.2, 0) is 10.2 Å². The Morgan fingerprint density at radius 3 is 2.68 bits per heavy atom. The molecule has 3 aromatic rings. The van der Waals surface area contributed by atoms with E-state index in [1.165, 1.54) is 18.3 Å². The Hall–Kier alpha value is -3.94. The standard InChI is InChI=1S/C23H23N3O5/c1-23(2,3)19-9-4-5-10-21(19)30-15-22(27)25-24-14-18-11-12-20(31-18)16-7-6-8-17(13-16)26(28)29/h4-14H,15H2,1-3H3,(H,25,27)/b24-14-. The first-order chi connectivity index (χ1) is 14.7. The van der Waals surface area contributed by atoms with E-state index < -0.39 is 10.8 Å². The van der Waals surface area contributed by atoms with Gasteiger partial charge < -0.3 is 9.15 Å². The molecule has 3 rings (SSSR count). The summed E-state index contributed by atoms with van der Waals surface area (Å²) in [6.07, 6.45) is 1.35. The predicted octanol–water partition coefficient (Wildman–Crippen LogP) is 4.68. The fourth-order valence-electron chi connectivity index (χ4n) is 2.91. The van der Waals surface area contributed by atoms with Crippen molar-refractivity contribution in [1.82, 2.24) is 5.43 Å². The molecule has 8 nitrogen and oxygen atoms in total. The maximum Gasteiger partial charge on any atom is 0.277 e. The second kappa shape index (κ2) is 9.25. The van der Waals surface area contributed by atoms with E-state index >= 15 is 0 Å². The molecular formula is C23H23N3O5. The number of rotatable bonds is 7. The van der Waals surface area contributed by atoms with Crippen molar-refractivity contribution in [2.24, 2.45) is 5.10 Å². The highest BCUT2D eigenvalue weighted by molar-refractivity contribution is 5.81. The van der Waals surface area contributed by atoms with Crippen LogP contribution in [0.5, 0.6) is 5.75 Å². The highest BCUT2D eigenvalue weighted by Gasteiger charge is 2.18. The Bertz CT molecular complexity index is 1110. The van der Waals surface area contributed by atoms with Crippen LogP contribution in [0.15, 0.2) is 70.2 Å². The molecule has 0 fully saturated rings. The Morgan fingerprint density at radius 1 is 1.16 bits per heavy atom. The van der Waals surface area contributed by atoms with Crippen LogP contribution in [0, 0.1) is 10.1 Å². The van der Waals surface area contributed by atoms with Crippen molar-refractivity contribution in [1.29, 1.82) is 0 Å². The lowest BCUT2D eigenvalue weighted by molar-refractivity contribution is -0.384. The normalized spacial score (nSPS) is 11.5. The number of nitrogens with zero attached hydrogens (tertiary/aromatic N) is 2. The van der Waals surface area contributed by atoms with Crippen molar-refractivity contribution in [3.8, 4) is 17.1 Å². The summed E-state index contributed by atoms with van der Waals surface area (Å²) in [7, 11) is 0. The lowest BCUT2D eigenvalue weighted by Gasteiger charge is -2.22. The minimum atomic E-state index is -0.466. The van der Waals surface area contributed by atoms with E-state index in [2.05, 4.69) is 31.3 Å². The summed E-state index contributed by atoms with van der Waals surface area (Å²) < 4.78 is 11.3. The van der Waals surface area contributed by atoms with E-state index in [0.717, 1.165) is 5.56 Å². The van der Waals surface area contributed by atoms with Gasteiger partial charge in [-0.1, -0.05) is 51.1 Å². The number of carbonyl (C=O) groups excluding carboxylic acids is 1. The lowest BCUT2D eigenvalue weighted by atomic mass is 9.86. The summed E-state index contributed by atoms with van der Waals surface area (Å²) in [4.78, 5) is 22.5. The monoisotopic (exact) mass is 421 g/mol. The predicted molar refractivity (Wildman–Crippen MR) is 117 cm³/mol. The van der Waals surface area contributed by atoms with E-state index in [9.17, 15) is 14.9 Å². The summed E-state index contributed by atoms with van der Waals surface area (Å²) in [5.41, 5.74) is 3.84. The van der Waals surface area contributed by atoms with E-state index in [-0.39, 0.29) is 17.7 Å². The average molecular weight is 421 g/mol. The quantitative estimate of drug-likeness (QED) is 0.339. The Balaban J connectivity index is 1.57. The topological polar surface area (TPSA) is 107 Å². The number of non-ortho nitro benzene ring substituents is 1. The summed E-state index contributed by atoms with van der Waals surface area (Å²) in [6, 6.07) is 17.1. The molecule has 31 heavy (non-hydrogen) atoms. The molecule has 0 bridgehead atoms. The Labute approximate surface area is 179 Å². The van der Waals surface area contributed by atoms with Gasteiger partial charge in [0, 0.05) is 17.7 Å². The molecule has 0 saturated heterocycles. The molecule has 160 valence electrons. The number of para-hydroxylation sites is 1. The minimum absolute atomic E-state index is 0.0237. The highest BCUT2D eigenvalue weighted by Crippen LogP contribution is 2.30. The third-order valence-electron chi connectivity index (χ3n) is 4.40. The first-order valence-electron chi connectivity index (χ1n) is 9.63. The molecule has 0 aliphatic carbocycles. The fraction of sp³-hybridized carbons (Fsp3) is 0.217. The van der Waals surface area contributed by atoms with Crippen LogP contribution in [0.4, 0.5) is 5.69 Å². The molecule has 0 radical (unpaired) electrons. The molecule has 2 aromatic carbocycles. The molecule has 0 unspecified atom stereocenters. The van der Waals surface area contributed by atoms with Crippen molar-refractivity contribution in [2.45, 2.75) is 26.2 Å². The molecule has 1 heterocycles. The van der Waals surface area contributed by atoms with Gasteiger partial charge >= 0.3 is 0 Å². The smallest absolute Gasteiger partial charge is 0.277 e. The van der Waals surface area contributed by atoms with Crippen LogP contribution >= 0.6 is 0 Å². The molecular weight excluding hydrogens is 398 g/mol. The summed E-state index contributed by atoms with van der Waals surface area (Å²) in [5.74, 6) is 1.09. The van der Waals surface area contributed by atoms with Gasteiger partial charge in [-0.2, -0.15) is 5.10 Å². The fourth-order valence-corrected chi connectivity index (χ4v) is 2.91. The van der Waals surface area contributed by atoms with Crippen LogP contribution in [0.25, 0.3) is 11.3 Å². The lowest BCUT2D eigenvalue weighted by Crippen LogP contribution is -2.25. The second-order valence-electron chi connectivity index (χ2n) is 7.84. The number of nitro benzene ring substituents is 1. The number of hydrogen-bond donors (Lipinski definition) is 1. The van der Waals surface area contributed by atoms with Crippen LogP contribution in [0.3, 0.4) is 0 Å². The summed E-state index contributed by atoms with van der Waals surface area (Å²) >= 11 is 0. The zero-order chi connectivity index (χ0) is 22.4. The first-order valence-corrected chi connectivity index (χ1v) is 9.63. The zero-order valence-corrected chi connectivity index (χ0v) is 17.5. The number of nitro groups is 1. The molecule has 1 aromatic heterocycles. The molecule has 1 N–H and O–H groups in total. The molecule has 0 aliphatic heterocycles. The third kappa shape index (κ3) is 5.79. The van der Waals surface area contributed by atoms with Gasteiger partial charge in [0.05, 0.1) is 11.1 Å². The molecule has 0 atom stereocenters. The molecule has 8 heteroatoms. The minimum Gasteiger partial charge on any atom is -0.483 e. The second-order valence-corrected chi connectivity index (χ2v) is 7.84. The van der Waals surface area contributed by atoms with Gasteiger partial charge in [-0.05, 0) is 29.2 Å². The van der Waals surface area contributed by atoms with E-state index in [4.69, 9.17) is 9.15 Å². The first kappa shape index (κ1) is 21.8. The van der Waals surface area contributed by atoms with Crippen molar-refractivity contribution < 1.29 is 18.9 Å². The van der Waals surface area contributed by atoms with Crippen LogP contribution < -0.4 is 10.2 Å². The molecule has 0 saturated carbocycles. The highest BCUT2D eigenvalue weighted by atomic mass is 16.6.